The molecule has 1 nitrogen and oxygen atoms in total. The van der Waals surface area contributed by atoms with Crippen molar-refractivity contribution in [2.75, 3.05) is 19.0 Å². The summed E-state index contributed by atoms with van der Waals surface area (Å²) in [6, 6.07) is 4.51. The highest BCUT2D eigenvalue weighted by Gasteiger charge is 2.08. The quantitative estimate of drug-likeness (QED) is 0.682. The Morgan fingerprint density at radius 1 is 1.21 bits per heavy atom. The van der Waals surface area contributed by atoms with Gasteiger partial charge in [-0.3, -0.25) is 0 Å². The number of benzene rings is 1. The molecule has 0 aromatic heterocycles. The Labute approximate surface area is 114 Å². The molecule has 14 heavy (non-hydrogen) atoms. The average Bonchev–Trinajstić information content (AvgIpc) is 2.01. The molecule has 0 N–H and O–H groups in total. The second kappa shape index (κ2) is 5.53. The molecule has 0 bridgehead atoms. The molecule has 0 saturated heterocycles. The lowest BCUT2D eigenvalue weighted by Crippen LogP contribution is -2.12. The van der Waals surface area contributed by atoms with E-state index in [9.17, 15) is 0 Å². The van der Waals surface area contributed by atoms with Crippen LogP contribution in [0.4, 0.5) is 5.69 Å². The highest BCUT2D eigenvalue weighted by atomic mass is 127. The predicted octanol–water partition coefficient (Wildman–Crippen LogP) is 3.73. The van der Waals surface area contributed by atoms with Gasteiger partial charge >= 0.3 is 0 Å². The molecule has 0 heterocycles. The van der Waals surface area contributed by atoms with Gasteiger partial charge < -0.3 is 4.90 Å². The Balaban J connectivity index is 3.11. The minimum atomic E-state index is 0.966. The van der Waals surface area contributed by atoms with Gasteiger partial charge in [0.25, 0.3) is 0 Å². The van der Waals surface area contributed by atoms with Gasteiger partial charge in [-0.25, -0.2) is 0 Å². The maximum Gasteiger partial charge on any atom is 0.0632 e. The van der Waals surface area contributed by atoms with Crippen LogP contribution in [0.5, 0.6) is 0 Å². The monoisotopic (exact) mass is 414 g/mol. The van der Waals surface area contributed by atoms with Crippen LogP contribution in [0.15, 0.2) is 12.1 Å². The zero-order valence-corrected chi connectivity index (χ0v) is 12.8. The lowest BCUT2D eigenvalue weighted by atomic mass is 10.1. The van der Waals surface area contributed by atoms with Crippen molar-refractivity contribution in [1.29, 1.82) is 0 Å². The third-order valence-corrected chi connectivity index (χ3v) is 3.63. The largest absolute Gasteiger partial charge is 0.376 e. The molecule has 0 aliphatic heterocycles. The lowest BCUT2D eigenvalue weighted by Gasteiger charge is -2.17. The van der Waals surface area contributed by atoms with Crippen LogP contribution < -0.4 is 4.90 Å². The Bertz CT molecular complexity index is 298. The van der Waals surface area contributed by atoms with E-state index in [4.69, 9.17) is 0 Å². The Morgan fingerprint density at radius 2 is 1.71 bits per heavy atom. The highest BCUT2D eigenvalue weighted by molar-refractivity contribution is 14.1. The zero-order valence-electron chi connectivity index (χ0n) is 8.48. The van der Waals surface area contributed by atoms with Crippen LogP contribution in [-0.4, -0.2) is 14.1 Å². The van der Waals surface area contributed by atoms with E-state index in [1.807, 2.05) is 0 Å². The smallest absolute Gasteiger partial charge is 0.0632 e. The van der Waals surface area contributed by atoms with E-state index in [2.05, 4.69) is 83.2 Å². The molecule has 0 saturated carbocycles. The molecule has 1 radical (unpaired) electrons. The SMILES string of the molecule is [CH2]CCc1cc(I)c(N(C)C)c(I)c1. The van der Waals surface area contributed by atoms with E-state index in [1.165, 1.54) is 18.4 Å². The second-order valence-electron chi connectivity index (χ2n) is 3.41. The third-order valence-electron chi connectivity index (χ3n) is 1.99. The van der Waals surface area contributed by atoms with Gasteiger partial charge in [-0.2, -0.15) is 0 Å². The van der Waals surface area contributed by atoms with Crippen molar-refractivity contribution in [3.8, 4) is 0 Å². The van der Waals surface area contributed by atoms with Crippen molar-refractivity contribution in [3.05, 3.63) is 31.8 Å². The van der Waals surface area contributed by atoms with Gasteiger partial charge in [0.2, 0.25) is 0 Å². The number of rotatable bonds is 3. The van der Waals surface area contributed by atoms with Crippen LogP contribution in [0.2, 0.25) is 0 Å². The summed E-state index contributed by atoms with van der Waals surface area (Å²) in [6.45, 7) is 3.88. The Morgan fingerprint density at radius 3 is 2.07 bits per heavy atom. The fourth-order valence-corrected chi connectivity index (χ4v) is 4.26. The van der Waals surface area contributed by atoms with Crippen LogP contribution >= 0.6 is 45.2 Å². The van der Waals surface area contributed by atoms with Crippen molar-refractivity contribution in [2.24, 2.45) is 0 Å². The minimum Gasteiger partial charge on any atom is -0.376 e. The molecule has 0 fully saturated rings. The second-order valence-corrected chi connectivity index (χ2v) is 5.73. The molecule has 0 amide bonds. The zero-order chi connectivity index (χ0) is 10.7. The van der Waals surface area contributed by atoms with Crippen LogP contribution in [0.3, 0.4) is 0 Å². The van der Waals surface area contributed by atoms with E-state index in [1.54, 1.807) is 0 Å². The van der Waals surface area contributed by atoms with Crippen molar-refractivity contribution < 1.29 is 0 Å². The molecule has 0 aliphatic rings. The summed E-state index contributed by atoms with van der Waals surface area (Å²) >= 11 is 4.80. The average molecular weight is 414 g/mol. The van der Waals surface area contributed by atoms with Crippen molar-refractivity contribution >= 4 is 50.9 Å². The molecular formula is C11H14I2N. The van der Waals surface area contributed by atoms with Crippen LogP contribution in [-0.2, 0) is 6.42 Å². The maximum atomic E-state index is 3.88. The van der Waals surface area contributed by atoms with E-state index in [0.29, 0.717) is 0 Å². The molecule has 0 atom stereocenters. The molecule has 0 unspecified atom stereocenters. The Hall–Kier alpha value is 0.480. The van der Waals surface area contributed by atoms with Gasteiger partial charge in [0.1, 0.15) is 0 Å². The van der Waals surface area contributed by atoms with Gasteiger partial charge in [-0.1, -0.05) is 6.92 Å². The molecule has 1 aromatic rings. The number of hydrogen-bond acceptors (Lipinski definition) is 1. The first-order chi connectivity index (χ1) is 6.56. The Kier molecular flexibility index (Phi) is 4.96. The van der Waals surface area contributed by atoms with Crippen molar-refractivity contribution in [1.82, 2.24) is 0 Å². The highest BCUT2D eigenvalue weighted by Crippen LogP contribution is 2.28. The first-order valence-electron chi connectivity index (χ1n) is 4.50. The van der Waals surface area contributed by atoms with Crippen LogP contribution in [0.1, 0.15) is 12.0 Å². The van der Waals surface area contributed by atoms with Gasteiger partial charge in [0, 0.05) is 21.2 Å². The fraction of sp³-hybridized carbons (Fsp3) is 0.364. The van der Waals surface area contributed by atoms with Crippen molar-refractivity contribution in [2.45, 2.75) is 12.8 Å². The first-order valence-corrected chi connectivity index (χ1v) is 6.66. The number of anilines is 1. The van der Waals surface area contributed by atoms with Gasteiger partial charge in [-0.05, 0) is 75.7 Å². The molecule has 1 aromatic carbocycles. The summed E-state index contributed by atoms with van der Waals surface area (Å²) in [7, 11) is 4.17. The summed E-state index contributed by atoms with van der Waals surface area (Å²) < 4.78 is 2.64. The van der Waals surface area contributed by atoms with Gasteiger partial charge in [0.15, 0.2) is 0 Å². The van der Waals surface area contributed by atoms with Crippen molar-refractivity contribution in [3.63, 3.8) is 0 Å². The number of aryl methyl sites for hydroxylation is 1. The van der Waals surface area contributed by atoms with E-state index in [0.717, 1.165) is 12.8 Å². The number of nitrogens with zero attached hydrogens (tertiary/aromatic N) is 1. The molecule has 77 valence electrons. The minimum absolute atomic E-state index is 0.966. The normalized spacial score (nSPS) is 10.4. The molecule has 0 spiro atoms. The van der Waals surface area contributed by atoms with Gasteiger partial charge in [0.05, 0.1) is 5.69 Å². The molecule has 0 aliphatic carbocycles. The number of halogens is 2. The summed E-state index contributed by atoms with van der Waals surface area (Å²) in [5, 5.41) is 0. The number of hydrogen-bond donors (Lipinski definition) is 0. The molecule has 1 rings (SSSR count). The molecular weight excluding hydrogens is 400 g/mol. The van der Waals surface area contributed by atoms with Crippen LogP contribution in [0, 0.1) is 14.1 Å². The van der Waals surface area contributed by atoms with E-state index in [-0.39, 0.29) is 0 Å². The lowest BCUT2D eigenvalue weighted by molar-refractivity contribution is 0.992. The van der Waals surface area contributed by atoms with E-state index >= 15 is 0 Å². The van der Waals surface area contributed by atoms with Crippen LogP contribution in [0.25, 0.3) is 0 Å². The third kappa shape index (κ3) is 2.98. The predicted molar refractivity (Wildman–Crippen MR) is 79.9 cm³/mol. The summed E-state index contributed by atoms with van der Waals surface area (Å²) in [5.74, 6) is 0. The first kappa shape index (κ1) is 12.5. The standard InChI is InChI=1S/C11H14I2N/c1-4-5-8-6-9(12)11(14(2)3)10(13)7-8/h6-7H,1,4-5H2,2-3H3. The van der Waals surface area contributed by atoms with E-state index < -0.39 is 0 Å². The van der Waals surface area contributed by atoms with Gasteiger partial charge in [-0.15, -0.1) is 0 Å². The fourth-order valence-electron chi connectivity index (χ4n) is 1.39. The topological polar surface area (TPSA) is 3.24 Å². The summed E-state index contributed by atoms with van der Waals surface area (Å²) in [5.41, 5.74) is 2.71. The molecule has 3 heteroatoms. The summed E-state index contributed by atoms with van der Waals surface area (Å²) in [6.07, 6.45) is 2.03. The maximum absolute atomic E-state index is 3.88. The summed E-state index contributed by atoms with van der Waals surface area (Å²) in [4.78, 5) is 2.16.